The normalized spacial score (nSPS) is 17.3. The summed E-state index contributed by atoms with van der Waals surface area (Å²) in [7, 11) is -1.98. The lowest BCUT2D eigenvalue weighted by Crippen LogP contribution is -2.50. The lowest BCUT2D eigenvalue weighted by atomic mass is 9.86. The topological polar surface area (TPSA) is 83.3 Å². The Hall–Kier alpha value is -2.49. The van der Waals surface area contributed by atoms with Crippen LogP contribution in [0.2, 0.25) is 18.1 Å². The molecule has 232 valence electrons. The van der Waals surface area contributed by atoms with Crippen LogP contribution in [-0.2, 0) is 14.7 Å². The molecule has 0 radical (unpaired) electrons. The maximum absolute atomic E-state index is 6.81. The van der Waals surface area contributed by atoms with Crippen molar-refractivity contribution in [2.24, 2.45) is 5.41 Å². The number of nitrogens with zero attached hydrogens (tertiary/aromatic N) is 4. The molecule has 1 aliphatic heterocycles. The lowest BCUT2D eigenvalue weighted by Gasteiger charge is -2.43. The van der Waals surface area contributed by atoms with Crippen LogP contribution in [-0.4, -0.2) is 59.5 Å². The van der Waals surface area contributed by atoms with E-state index in [1.54, 1.807) is 0 Å². The third-order valence-corrected chi connectivity index (χ3v) is 13.1. The second-order valence-electron chi connectivity index (χ2n) is 15.4. The van der Waals surface area contributed by atoms with E-state index in [2.05, 4.69) is 93.7 Å². The first-order chi connectivity index (χ1) is 19.4. The summed E-state index contributed by atoms with van der Waals surface area (Å²) in [5.41, 5.74) is 1.36. The van der Waals surface area contributed by atoms with E-state index in [-0.39, 0.29) is 28.2 Å². The first kappa shape index (κ1) is 32.4. The number of anilines is 1. The highest BCUT2D eigenvalue weighted by Gasteiger charge is 2.42. The molecule has 3 aromatic rings. The molecule has 0 spiro atoms. The van der Waals surface area contributed by atoms with E-state index in [1.807, 2.05) is 29.1 Å². The maximum atomic E-state index is 6.81. The monoisotopic (exact) mass is 595 g/mol. The summed E-state index contributed by atoms with van der Waals surface area (Å²) < 4.78 is 21.1. The molecular formula is C33H53N5O3Si. The van der Waals surface area contributed by atoms with Gasteiger partial charge in [0.05, 0.1) is 23.2 Å². The smallest absolute Gasteiger partial charge is 0.192 e. The number of nitrogens with one attached hydrogen (secondary N) is 1. The molecule has 4 rings (SSSR count). The van der Waals surface area contributed by atoms with Crippen molar-refractivity contribution in [1.82, 2.24) is 19.7 Å². The van der Waals surface area contributed by atoms with Crippen LogP contribution in [0, 0.1) is 5.41 Å². The summed E-state index contributed by atoms with van der Waals surface area (Å²) >= 11 is 0. The van der Waals surface area contributed by atoms with Crippen LogP contribution in [0.15, 0.2) is 30.5 Å². The molecule has 1 saturated heterocycles. The number of rotatable bonds is 8. The van der Waals surface area contributed by atoms with Crippen LogP contribution < -0.4 is 10.1 Å². The van der Waals surface area contributed by atoms with E-state index in [1.165, 1.54) is 0 Å². The molecule has 0 aliphatic carbocycles. The van der Waals surface area contributed by atoms with Crippen LogP contribution in [0.5, 0.6) is 5.75 Å². The first-order valence-corrected chi connectivity index (χ1v) is 18.3. The quantitative estimate of drug-likeness (QED) is 0.264. The maximum Gasteiger partial charge on any atom is 0.192 e. The van der Waals surface area contributed by atoms with Crippen LogP contribution in [0.3, 0.4) is 0 Å². The molecule has 0 bridgehead atoms. The summed E-state index contributed by atoms with van der Waals surface area (Å²) in [4.78, 5) is 10.1. The van der Waals surface area contributed by atoms with Gasteiger partial charge in [0, 0.05) is 30.2 Å². The molecule has 1 fully saturated rings. The summed E-state index contributed by atoms with van der Waals surface area (Å²) in [5, 5.41) is 9.45. The lowest BCUT2D eigenvalue weighted by molar-refractivity contribution is -0.0110. The molecule has 0 amide bonds. The van der Waals surface area contributed by atoms with Crippen LogP contribution in [0.4, 0.5) is 5.82 Å². The van der Waals surface area contributed by atoms with Crippen molar-refractivity contribution >= 4 is 25.2 Å². The number of fused-ring (bicyclic) bond motifs is 1. The molecule has 1 aromatic carbocycles. The van der Waals surface area contributed by atoms with Crippen LogP contribution in [0.1, 0.15) is 82.1 Å². The molecule has 1 N–H and O–H groups in total. The van der Waals surface area contributed by atoms with Gasteiger partial charge in [-0.3, -0.25) is 0 Å². The predicted molar refractivity (Wildman–Crippen MR) is 175 cm³/mol. The molecule has 3 heterocycles. The highest BCUT2D eigenvalue weighted by atomic mass is 28.4. The van der Waals surface area contributed by atoms with Crippen LogP contribution >= 0.6 is 0 Å². The SMILES string of the molecule is CC(O[Si](C)(C)C(C)(C)C)C(Oc1cccc(-c2nc(NC3CCOCC3)c3cnn(C(C)(C)C)c3n2)c1)C(C)(C)C. The minimum absolute atomic E-state index is 0.0708. The fourth-order valence-corrected chi connectivity index (χ4v) is 6.62. The molecule has 8 nitrogen and oxygen atoms in total. The zero-order valence-electron chi connectivity index (χ0n) is 28.0. The predicted octanol–water partition coefficient (Wildman–Crippen LogP) is 8.04. The minimum atomic E-state index is -1.98. The molecule has 2 atom stereocenters. The van der Waals surface area contributed by atoms with Gasteiger partial charge < -0.3 is 19.2 Å². The summed E-state index contributed by atoms with van der Waals surface area (Å²) in [5.74, 6) is 2.24. The first-order valence-electron chi connectivity index (χ1n) is 15.4. The average molecular weight is 596 g/mol. The number of benzene rings is 1. The zero-order valence-corrected chi connectivity index (χ0v) is 29.0. The Morgan fingerprint density at radius 2 is 1.67 bits per heavy atom. The van der Waals surface area contributed by atoms with Gasteiger partial charge in [-0.2, -0.15) is 5.10 Å². The van der Waals surface area contributed by atoms with Crippen molar-refractivity contribution < 1.29 is 13.9 Å². The van der Waals surface area contributed by atoms with Crippen LogP contribution in [0.25, 0.3) is 22.4 Å². The van der Waals surface area contributed by atoms with Crippen molar-refractivity contribution in [3.63, 3.8) is 0 Å². The fourth-order valence-electron chi connectivity index (χ4n) is 5.21. The Labute approximate surface area is 254 Å². The fraction of sp³-hybridized carbons (Fsp3) is 0.667. The Morgan fingerprint density at radius 1 is 1.00 bits per heavy atom. The summed E-state index contributed by atoms with van der Waals surface area (Å²) in [6.45, 7) is 28.1. The Balaban J connectivity index is 1.70. The van der Waals surface area contributed by atoms with Crippen molar-refractivity contribution in [1.29, 1.82) is 0 Å². The molecule has 0 saturated carbocycles. The largest absolute Gasteiger partial charge is 0.487 e. The van der Waals surface area contributed by atoms with Crippen molar-refractivity contribution in [3.05, 3.63) is 30.5 Å². The standard InChI is InChI=1S/C33H53N5O3Si/c1-22(41-42(11,12)33(8,9)10)27(31(2,3)4)40-25-15-13-14-23(20-25)28-36-29(35-24-16-18-39-19-17-24)26-21-34-38(30(26)37-28)32(5,6)7/h13-15,20-22,24,27H,16-19H2,1-12H3,(H,35,36,37). The van der Waals surface area contributed by atoms with Crippen molar-refractivity contribution in [2.45, 2.75) is 124 Å². The Bertz CT molecular complexity index is 1360. The third-order valence-electron chi connectivity index (χ3n) is 8.55. The molecule has 9 heteroatoms. The number of ether oxygens (including phenoxy) is 2. The second kappa shape index (κ2) is 11.9. The van der Waals surface area contributed by atoms with Crippen molar-refractivity contribution in [2.75, 3.05) is 18.5 Å². The van der Waals surface area contributed by atoms with E-state index >= 15 is 0 Å². The van der Waals surface area contributed by atoms with Gasteiger partial charge in [0.1, 0.15) is 17.7 Å². The second-order valence-corrected chi connectivity index (χ2v) is 20.2. The Kier molecular flexibility index (Phi) is 9.18. The number of aromatic nitrogens is 4. The molecule has 1 aliphatic rings. The Morgan fingerprint density at radius 3 is 2.26 bits per heavy atom. The highest BCUT2D eigenvalue weighted by Crippen LogP contribution is 2.40. The van der Waals surface area contributed by atoms with Gasteiger partial charge in [-0.1, -0.05) is 53.7 Å². The molecule has 2 unspecified atom stereocenters. The number of hydrogen-bond acceptors (Lipinski definition) is 7. The van der Waals surface area contributed by atoms with E-state index in [4.69, 9.17) is 29.0 Å². The minimum Gasteiger partial charge on any atom is -0.487 e. The third kappa shape index (κ3) is 7.34. The van der Waals surface area contributed by atoms with E-state index in [0.29, 0.717) is 11.9 Å². The zero-order chi connectivity index (χ0) is 31.1. The number of hydrogen-bond donors (Lipinski definition) is 1. The van der Waals surface area contributed by atoms with Gasteiger partial charge in [0.15, 0.2) is 19.8 Å². The van der Waals surface area contributed by atoms with E-state index in [0.717, 1.165) is 54.2 Å². The van der Waals surface area contributed by atoms with Gasteiger partial charge in [-0.15, -0.1) is 0 Å². The van der Waals surface area contributed by atoms with Gasteiger partial charge >= 0.3 is 0 Å². The molecule has 2 aromatic heterocycles. The summed E-state index contributed by atoms with van der Waals surface area (Å²) in [6.07, 6.45) is 3.56. The van der Waals surface area contributed by atoms with Gasteiger partial charge in [-0.05, 0) is 70.8 Å². The molecule has 42 heavy (non-hydrogen) atoms. The van der Waals surface area contributed by atoms with Crippen molar-refractivity contribution in [3.8, 4) is 17.1 Å². The average Bonchev–Trinajstić information content (AvgIpc) is 3.32. The van der Waals surface area contributed by atoms with E-state index < -0.39 is 8.32 Å². The van der Waals surface area contributed by atoms with Gasteiger partial charge in [0.2, 0.25) is 0 Å². The van der Waals surface area contributed by atoms with E-state index in [9.17, 15) is 0 Å². The van der Waals surface area contributed by atoms with Gasteiger partial charge in [0.25, 0.3) is 0 Å². The van der Waals surface area contributed by atoms with Gasteiger partial charge in [-0.25, -0.2) is 14.6 Å². The summed E-state index contributed by atoms with van der Waals surface area (Å²) in [6, 6.07) is 8.43. The highest BCUT2D eigenvalue weighted by molar-refractivity contribution is 6.74. The molecular weight excluding hydrogens is 542 g/mol.